The molecule has 10 heteroatoms. The minimum absolute atomic E-state index is 0.132. The maximum atomic E-state index is 12.7. The average Bonchev–Trinajstić information content (AvgIpc) is 3.07. The van der Waals surface area contributed by atoms with Gasteiger partial charge in [-0.25, -0.2) is 4.98 Å². The molecule has 0 radical (unpaired) electrons. The van der Waals surface area contributed by atoms with Gasteiger partial charge in [0.2, 0.25) is 11.9 Å². The van der Waals surface area contributed by atoms with Crippen molar-refractivity contribution in [2.24, 2.45) is 5.11 Å². The zero-order chi connectivity index (χ0) is 17.9. The van der Waals surface area contributed by atoms with Crippen LogP contribution in [0.1, 0.15) is 31.2 Å². The summed E-state index contributed by atoms with van der Waals surface area (Å²) >= 11 is 0. The highest BCUT2D eigenvalue weighted by Crippen LogP contribution is 2.31. The second kappa shape index (κ2) is 6.94. The molecule has 0 spiro atoms. The Balaban J connectivity index is 1.93. The lowest BCUT2D eigenvalue weighted by Gasteiger charge is -2.13. The number of anilines is 1. The molecule has 1 aromatic carbocycles. The normalized spacial score (nSPS) is 15.0. The van der Waals surface area contributed by atoms with Crippen molar-refractivity contribution in [1.29, 1.82) is 0 Å². The van der Waals surface area contributed by atoms with E-state index in [0.29, 0.717) is 5.56 Å². The molecule has 0 saturated heterocycles. The zero-order valence-electron chi connectivity index (χ0n) is 13.0. The molecule has 1 aliphatic rings. The molecule has 1 fully saturated rings. The molecule has 25 heavy (non-hydrogen) atoms. The van der Waals surface area contributed by atoms with Crippen molar-refractivity contribution in [3.63, 3.8) is 0 Å². The first-order chi connectivity index (χ1) is 12.0. The molecule has 0 atom stereocenters. The molecule has 0 bridgehead atoms. The van der Waals surface area contributed by atoms with E-state index in [1.807, 2.05) is 0 Å². The third-order valence-electron chi connectivity index (χ3n) is 3.92. The molecular formula is C15H14F3N7. The van der Waals surface area contributed by atoms with Gasteiger partial charge in [0.15, 0.2) is 5.82 Å². The first kappa shape index (κ1) is 17.0. The third kappa shape index (κ3) is 4.16. The Morgan fingerprint density at radius 2 is 1.76 bits per heavy atom. The molecule has 0 aliphatic heterocycles. The monoisotopic (exact) mass is 349 g/mol. The predicted molar refractivity (Wildman–Crippen MR) is 84.9 cm³/mol. The number of azide groups is 1. The van der Waals surface area contributed by atoms with Crippen LogP contribution >= 0.6 is 0 Å². The van der Waals surface area contributed by atoms with E-state index in [2.05, 4.69) is 30.3 Å². The molecule has 0 amide bonds. The highest BCUT2D eigenvalue weighted by Gasteiger charge is 2.30. The van der Waals surface area contributed by atoms with Gasteiger partial charge in [-0.05, 0) is 35.6 Å². The number of nitrogens with one attached hydrogen (secondary N) is 1. The Bertz CT molecular complexity index is 792. The molecule has 1 N–H and O–H groups in total. The van der Waals surface area contributed by atoms with E-state index in [-0.39, 0.29) is 23.8 Å². The van der Waals surface area contributed by atoms with Crippen molar-refractivity contribution in [2.45, 2.75) is 37.9 Å². The first-order valence-corrected chi connectivity index (χ1v) is 7.71. The molecule has 3 rings (SSSR count). The summed E-state index contributed by atoms with van der Waals surface area (Å²) in [7, 11) is 0. The summed E-state index contributed by atoms with van der Waals surface area (Å²) in [6.45, 7) is 0. The van der Waals surface area contributed by atoms with E-state index in [4.69, 9.17) is 5.53 Å². The summed E-state index contributed by atoms with van der Waals surface area (Å²) in [5, 5.41) is 6.54. The van der Waals surface area contributed by atoms with Crippen LogP contribution in [0.5, 0.6) is 0 Å². The van der Waals surface area contributed by atoms with Gasteiger partial charge in [0, 0.05) is 16.5 Å². The fourth-order valence-corrected chi connectivity index (χ4v) is 2.70. The van der Waals surface area contributed by atoms with Crippen LogP contribution in [-0.2, 0) is 6.18 Å². The van der Waals surface area contributed by atoms with Gasteiger partial charge in [-0.15, -0.1) is 0 Å². The van der Waals surface area contributed by atoms with Gasteiger partial charge in [0.05, 0.1) is 5.56 Å². The Morgan fingerprint density at radius 1 is 1.08 bits per heavy atom. The summed E-state index contributed by atoms with van der Waals surface area (Å²) in [6, 6.07) is 4.68. The molecule has 1 heterocycles. The van der Waals surface area contributed by atoms with Crippen molar-refractivity contribution < 1.29 is 13.2 Å². The topological polar surface area (TPSA) is 99.5 Å². The average molecular weight is 349 g/mol. The highest BCUT2D eigenvalue weighted by atomic mass is 19.4. The minimum Gasteiger partial charge on any atom is -0.351 e. The first-order valence-electron chi connectivity index (χ1n) is 7.71. The van der Waals surface area contributed by atoms with Crippen LogP contribution in [-0.4, -0.2) is 21.0 Å². The zero-order valence-corrected chi connectivity index (χ0v) is 13.0. The minimum atomic E-state index is -4.41. The largest absolute Gasteiger partial charge is 0.416 e. The fourth-order valence-electron chi connectivity index (χ4n) is 2.70. The smallest absolute Gasteiger partial charge is 0.351 e. The Morgan fingerprint density at radius 3 is 2.36 bits per heavy atom. The van der Waals surface area contributed by atoms with E-state index < -0.39 is 11.7 Å². The van der Waals surface area contributed by atoms with Gasteiger partial charge < -0.3 is 5.32 Å². The SMILES string of the molecule is [N-]=[N+]=Nc1nc(NC2CCCC2)nc(-c2ccc(C(F)(F)F)cc2)n1. The van der Waals surface area contributed by atoms with Crippen molar-refractivity contribution >= 4 is 11.9 Å². The molecule has 1 aromatic heterocycles. The Labute approximate surface area is 141 Å². The van der Waals surface area contributed by atoms with Gasteiger partial charge >= 0.3 is 6.18 Å². The number of hydrogen-bond donors (Lipinski definition) is 1. The number of rotatable bonds is 4. The number of aromatic nitrogens is 3. The van der Waals surface area contributed by atoms with Gasteiger partial charge in [-0.3, -0.25) is 0 Å². The Hall–Kier alpha value is -2.87. The van der Waals surface area contributed by atoms with E-state index in [0.717, 1.165) is 37.8 Å². The molecule has 0 unspecified atom stereocenters. The van der Waals surface area contributed by atoms with Crippen molar-refractivity contribution in [3.05, 3.63) is 40.3 Å². The summed E-state index contributed by atoms with van der Waals surface area (Å²) in [5.41, 5.74) is 8.21. The number of alkyl halides is 3. The molecule has 2 aromatic rings. The number of benzene rings is 1. The van der Waals surface area contributed by atoms with E-state index in [1.165, 1.54) is 12.1 Å². The molecule has 1 saturated carbocycles. The van der Waals surface area contributed by atoms with E-state index >= 15 is 0 Å². The van der Waals surface area contributed by atoms with E-state index in [1.54, 1.807) is 0 Å². The second-order valence-corrected chi connectivity index (χ2v) is 5.67. The predicted octanol–water partition coefficient (Wildman–Crippen LogP) is 4.85. The lowest BCUT2D eigenvalue weighted by Crippen LogP contribution is -2.17. The van der Waals surface area contributed by atoms with Gasteiger partial charge in [-0.2, -0.15) is 23.1 Å². The van der Waals surface area contributed by atoms with Crippen LogP contribution in [0, 0.1) is 0 Å². The molecule has 1 aliphatic carbocycles. The number of nitrogens with zero attached hydrogens (tertiary/aromatic N) is 6. The third-order valence-corrected chi connectivity index (χ3v) is 3.92. The van der Waals surface area contributed by atoms with Crippen molar-refractivity contribution in [3.8, 4) is 11.4 Å². The lowest BCUT2D eigenvalue weighted by molar-refractivity contribution is -0.137. The van der Waals surface area contributed by atoms with Crippen LogP contribution in [0.4, 0.5) is 25.1 Å². The molecule has 130 valence electrons. The highest BCUT2D eigenvalue weighted by molar-refractivity contribution is 5.58. The number of halogens is 3. The maximum Gasteiger partial charge on any atom is 0.416 e. The van der Waals surface area contributed by atoms with Crippen LogP contribution in [0.3, 0.4) is 0 Å². The quantitative estimate of drug-likeness (QED) is 0.484. The van der Waals surface area contributed by atoms with Crippen LogP contribution < -0.4 is 5.32 Å². The van der Waals surface area contributed by atoms with Crippen LogP contribution in [0.15, 0.2) is 29.4 Å². The number of hydrogen-bond acceptors (Lipinski definition) is 5. The van der Waals surface area contributed by atoms with E-state index in [9.17, 15) is 13.2 Å². The molecule has 7 nitrogen and oxygen atoms in total. The fraction of sp³-hybridized carbons (Fsp3) is 0.400. The lowest BCUT2D eigenvalue weighted by atomic mass is 10.1. The summed E-state index contributed by atoms with van der Waals surface area (Å²) in [4.78, 5) is 14.9. The van der Waals surface area contributed by atoms with Gasteiger partial charge in [0.25, 0.3) is 0 Å². The van der Waals surface area contributed by atoms with Gasteiger partial charge in [0.1, 0.15) is 0 Å². The maximum absolute atomic E-state index is 12.7. The van der Waals surface area contributed by atoms with Crippen molar-refractivity contribution in [2.75, 3.05) is 5.32 Å². The standard InChI is InChI=1S/C15H14F3N7/c16-15(17,18)10-7-5-9(6-8-10)12-21-13(20-11-3-1-2-4-11)23-14(22-12)24-25-19/h5-8,11H,1-4H2,(H,20,21,22,23). The van der Waals surface area contributed by atoms with Gasteiger partial charge in [-0.1, -0.05) is 25.0 Å². The van der Waals surface area contributed by atoms with Crippen molar-refractivity contribution in [1.82, 2.24) is 15.0 Å². The summed E-state index contributed by atoms with van der Waals surface area (Å²) in [6.07, 6.45) is -0.227. The van der Waals surface area contributed by atoms with Crippen LogP contribution in [0.2, 0.25) is 0 Å². The summed E-state index contributed by atoms with van der Waals surface area (Å²) in [5.74, 6) is 0.263. The Kier molecular flexibility index (Phi) is 4.71. The molecular weight excluding hydrogens is 335 g/mol. The van der Waals surface area contributed by atoms with Crippen LogP contribution in [0.25, 0.3) is 21.8 Å². The second-order valence-electron chi connectivity index (χ2n) is 5.67. The summed E-state index contributed by atoms with van der Waals surface area (Å²) < 4.78 is 38.0.